The molecule has 0 amide bonds. The lowest BCUT2D eigenvalue weighted by molar-refractivity contribution is -0.146. The van der Waals surface area contributed by atoms with Crippen molar-refractivity contribution >= 4 is 5.97 Å². The van der Waals surface area contributed by atoms with Gasteiger partial charge in [0.15, 0.2) is 0 Å². The lowest BCUT2D eigenvalue weighted by Crippen LogP contribution is -2.37. The topological polar surface area (TPSA) is 112 Å². The number of unbranched alkanes of at least 4 members (excludes halogenated alkanes) is 7. The van der Waals surface area contributed by atoms with E-state index in [4.69, 9.17) is 4.98 Å². The van der Waals surface area contributed by atoms with Crippen LogP contribution in [0.4, 0.5) is 0 Å². The molecule has 1 fully saturated rings. The van der Waals surface area contributed by atoms with E-state index in [1.807, 2.05) is 0 Å². The monoisotopic (exact) mass is 610 g/mol. The summed E-state index contributed by atoms with van der Waals surface area (Å²) in [4.78, 5) is 16.9. The maximum atomic E-state index is 12.0. The van der Waals surface area contributed by atoms with Crippen LogP contribution in [0, 0.1) is 25.7 Å². The van der Waals surface area contributed by atoms with Gasteiger partial charge in [-0.3, -0.25) is 4.79 Å². The van der Waals surface area contributed by atoms with Crippen molar-refractivity contribution in [1.82, 2.24) is 4.98 Å². The predicted molar refractivity (Wildman–Crippen MR) is 178 cm³/mol. The van der Waals surface area contributed by atoms with Crippen LogP contribution in [0.15, 0.2) is 30.3 Å². The van der Waals surface area contributed by atoms with Crippen LogP contribution in [0.2, 0.25) is 0 Å². The number of hydrogen-bond donors (Lipinski definition) is 4. The predicted octanol–water partition coefficient (Wildman–Crippen LogP) is 7.83. The molecule has 3 rings (SSSR count). The summed E-state index contributed by atoms with van der Waals surface area (Å²) >= 11 is 0. The molecule has 1 aliphatic rings. The van der Waals surface area contributed by atoms with E-state index < -0.39 is 23.6 Å². The van der Waals surface area contributed by atoms with Gasteiger partial charge in [-0.15, -0.1) is 0 Å². The molecule has 1 saturated carbocycles. The Hall–Kier alpha value is -2.15. The zero-order chi connectivity index (χ0) is 32.0. The molecule has 4 N–H and O–H groups in total. The summed E-state index contributed by atoms with van der Waals surface area (Å²) in [5.74, 6) is -1.70. The molecule has 248 valence electrons. The van der Waals surface area contributed by atoms with Crippen LogP contribution in [0.25, 0.3) is 0 Å². The Morgan fingerprint density at radius 1 is 0.886 bits per heavy atom. The molecule has 1 aliphatic carbocycles. The van der Waals surface area contributed by atoms with Gasteiger partial charge < -0.3 is 25.4 Å². The number of carbonyl (C=O) groups is 1. The second kappa shape index (κ2) is 18.7. The minimum Gasteiger partial charge on any atom is -0.664 e. The summed E-state index contributed by atoms with van der Waals surface area (Å²) in [6.45, 7) is 6.43. The normalized spacial score (nSPS) is 20.5. The Labute approximate surface area is 266 Å². The maximum absolute atomic E-state index is 12.0. The van der Waals surface area contributed by atoms with E-state index in [1.54, 1.807) is 0 Å². The number of aliphatic hydroxyl groups is 3. The molecule has 6 heteroatoms. The molecule has 1 heterocycles. The van der Waals surface area contributed by atoms with Crippen molar-refractivity contribution in [2.75, 3.05) is 0 Å². The molecule has 0 radical (unpaired) electrons. The average Bonchev–Trinajstić information content (AvgIpc) is 3.56. The first-order valence-electron chi connectivity index (χ1n) is 17.6. The van der Waals surface area contributed by atoms with Crippen molar-refractivity contribution in [3.63, 3.8) is 0 Å². The van der Waals surface area contributed by atoms with E-state index >= 15 is 0 Å². The SMILES string of the molecule is CCCCCCCC(O)CCCCCCC(C(=O)O)C(O)CCC1(O)CCCC1Cc1ccc(Cc2cc(C)cc(C)c2)[n-]1. The third-order valence-corrected chi connectivity index (χ3v) is 9.90. The van der Waals surface area contributed by atoms with Gasteiger partial charge >= 0.3 is 5.97 Å². The van der Waals surface area contributed by atoms with E-state index in [1.165, 1.54) is 42.4 Å². The fourth-order valence-corrected chi connectivity index (χ4v) is 7.35. The highest BCUT2D eigenvalue weighted by molar-refractivity contribution is 5.70. The Balaban J connectivity index is 1.39. The third kappa shape index (κ3) is 12.3. The summed E-state index contributed by atoms with van der Waals surface area (Å²) < 4.78 is 0. The molecule has 0 saturated heterocycles. The first-order valence-corrected chi connectivity index (χ1v) is 17.6. The second-order valence-corrected chi connectivity index (χ2v) is 13.9. The Bertz CT molecular complexity index is 1090. The quantitative estimate of drug-likeness (QED) is 0.101. The van der Waals surface area contributed by atoms with Crippen molar-refractivity contribution in [3.05, 3.63) is 58.4 Å². The zero-order valence-electron chi connectivity index (χ0n) is 27.8. The van der Waals surface area contributed by atoms with E-state index in [9.17, 15) is 25.2 Å². The number of carboxylic acid groups (broad SMARTS) is 1. The summed E-state index contributed by atoms with van der Waals surface area (Å²) in [6, 6.07) is 10.7. The number of aliphatic carboxylic acids is 1. The van der Waals surface area contributed by atoms with Gasteiger partial charge in [-0.2, -0.15) is 11.4 Å². The molecule has 2 aromatic rings. The number of carboxylic acids is 1. The molecule has 44 heavy (non-hydrogen) atoms. The van der Waals surface area contributed by atoms with Gasteiger partial charge in [0.1, 0.15) is 0 Å². The van der Waals surface area contributed by atoms with Gasteiger partial charge in [0.2, 0.25) is 0 Å². The molecule has 5 unspecified atom stereocenters. The minimum absolute atomic E-state index is 0.0635. The first-order chi connectivity index (χ1) is 21.1. The molecular weight excluding hydrogens is 550 g/mol. The van der Waals surface area contributed by atoms with Crippen LogP contribution in [-0.2, 0) is 17.6 Å². The van der Waals surface area contributed by atoms with Gasteiger partial charge in [0.25, 0.3) is 0 Å². The summed E-state index contributed by atoms with van der Waals surface area (Å²) in [6.07, 6.45) is 15.3. The molecular formula is C38H60NO5-. The number of aromatic nitrogens is 1. The molecule has 0 aliphatic heterocycles. The standard InChI is InChI=1S/C38H60NO5/c1-4-5-6-7-10-15-34(40)16-11-8-9-12-17-35(37(42)43)36(41)20-22-38(44)21-13-14-31(38)27-33-19-18-32(39-33)26-30-24-28(2)23-29(3)25-30/h18-19,23-25,31,34-36,40-41,44H,4-17,20-22,26-27H2,1-3H3,(H,42,43)/q-1. The number of aryl methyl sites for hydroxylation is 2. The maximum Gasteiger partial charge on any atom is 0.309 e. The van der Waals surface area contributed by atoms with Crippen LogP contribution in [0.3, 0.4) is 0 Å². The van der Waals surface area contributed by atoms with E-state index in [0.29, 0.717) is 32.1 Å². The van der Waals surface area contributed by atoms with Crippen LogP contribution in [-0.4, -0.2) is 44.2 Å². The Kier molecular flexibility index (Phi) is 15.5. The van der Waals surface area contributed by atoms with Gasteiger partial charge in [0.05, 0.1) is 23.7 Å². The highest BCUT2D eigenvalue weighted by Crippen LogP contribution is 2.41. The van der Waals surface area contributed by atoms with Crippen molar-refractivity contribution in [3.8, 4) is 0 Å². The smallest absolute Gasteiger partial charge is 0.309 e. The molecule has 1 aromatic carbocycles. The number of rotatable bonds is 22. The molecule has 1 aromatic heterocycles. The summed E-state index contributed by atoms with van der Waals surface area (Å²) in [5, 5.41) is 42.5. The van der Waals surface area contributed by atoms with Crippen LogP contribution >= 0.6 is 0 Å². The number of nitrogens with zero attached hydrogens (tertiary/aromatic N) is 1. The summed E-state index contributed by atoms with van der Waals surface area (Å²) in [7, 11) is 0. The fraction of sp³-hybridized carbons (Fsp3) is 0.711. The molecule has 5 atom stereocenters. The van der Waals surface area contributed by atoms with Crippen molar-refractivity contribution in [2.24, 2.45) is 11.8 Å². The van der Waals surface area contributed by atoms with E-state index in [-0.39, 0.29) is 12.0 Å². The molecule has 0 spiro atoms. The molecule has 0 bridgehead atoms. The van der Waals surface area contributed by atoms with Crippen LogP contribution < -0.4 is 4.98 Å². The van der Waals surface area contributed by atoms with Gasteiger partial charge in [-0.05, 0) is 83.1 Å². The van der Waals surface area contributed by atoms with Crippen LogP contribution in [0.5, 0.6) is 0 Å². The van der Waals surface area contributed by atoms with E-state index in [2.05, 4.69) is 51.1 Å². The summed E-state index contributed by atoms with van der Waals surface area (Å²) in [5.41, 5.74) is 4.91. The largest absolute Gasteiger partial charge is 0.664 e. The van der Waals surface area contributed by atoms with Gasteiger partial charge in [-0.25, -0.2) is 0 Å². The van der Waals surface area contributed by atoms with Gasteiger partial charge in [0, 0.05) is 0 Å². The third-order valence-electron chi connectivity index (χ3n) is 9.90. The fourth-order valence-electron chi connectivity index (χ4n) is 7.35. The van der Waals surface area contributed by atoms with Crippen LogP contribution in [0.1, 0.15) is 144 Å². The molecule has 6 nitrogen and oxygen atoms in total. The Morgan fingerprint density at radius 3 is 2.14 bits per heavy atom. The lowest BCUT2D eigenvalue weighted by atomic mass is 9.81. The first kappa shape index (κ1) is 36.3. The number of hydrogen-bond acceptors (Lipinski definition) is 4. The Morgan fingerprint density at radius 2 is 1.50 bits per heavy atom. The highest BCUT2D eigenvalue weighted by Gasteiger charge is 2.41. The highest BCUT2D eigenvalue weighted by atomic mass is 16.4. The minimum atomic E-state index is -0.964. The van der Waals surface area contributed by atoms with Gasteiger partial charge in [-0.1, -0.05) is 113 Å². The lowest BCUT2D eigenvalue weighted by Gasteiger charge is -2.33. The van der Waals surface area contributed by atoms with Crippen molar-refractivity contribution in [1.29, 1.82) is 0 Å². The number of benzene rings is 1. The average molecular weight is 611 g/mol. The van der Waals surface area contributed by atoms with Crippen molar-refractivity contribution in [2.45, 2.75) is 161 Å². The zero-order valence-corrected chi connectivity index (χ0v) is 27.8. The number of aliphatic hydroxyl groups excluding tert-OH is 2. The second-order valence-electron chi connectivity index (χ2n) is 13.9. The van der Waals surface area contributed by atoms with E-state index in [0.717, 1.165) is 75.6 Å². The van der Waals surface area contributed by atoms with Crippen molar-refractivity contribution < 1.29 is 25.2 Å².